The van der Waals surface area contributed by atoms with E-state index < -0.39 is 40.0 Å². The number of carbonyl (C=O) groups is 2. The third kappa shape index (κ3) is 8.96. The van der Waals surface area contributed by atoms with Gasteiger partial charge in [-0.3, -0.25) is 13.9 Å². The summed E-state index contributed by atoms with van der Waals surface area (Å²) in [6.45, 7) is 8.46. The van der Waals surface area contributed by atoms with Crippen LogP contribution in [0.25, 0.3) is 0 Å². The molecule has 1 atom stereocenters. The molecular formula is C32H39Cl2N3O7S. The van der Waals surface area contributed by atoms with Crippen LogP contribution in [-0.2, 0) is 26.2 Å². The molecule has 0 fully saturated rings. The van der Waals surface area contributed by atoms with Gasteiger partial charge >= 0.3 is 0 Å². The Morgan fingerprint density at radius 2 is 1.53 bits per heavy atom. The quantitative estimate of drug-likeness (QED) is 0.238. The number of benzene rings is 3. The SMILES string of the molecule is CCOc1ccc(N(CC(=O)N(Cc2c(Cl)cccc2Cl)[C@H](C)C(=O)NC(C)(C)C)S(=O)(=O)c2ccc(OC)c(OC)c2)cc1. The summed E-state index contributed by atoms with van der Waals surface area (Å²) in [6, 6.07) is 14.4. The van der Waals surface area contributed by atoms with Crippen LogP contribution in [0.4, 0.5) is 5.69 Å². The molecule has 0 aliphatic carbocycles. The summed E-state index contributed by atoms with van der Waals surface area (Å²) in [5.74, 6) is -0.0472. The van der Waals surface area contributed by atoms with E-state index in [4.69, 9.17) is 37.4 Å². The standard InChI is InChI=1S/C32H39Cl2N3O7S/c1-8-44-23-14-12-22(13-15-23)37(45(40,41)24-16-17-28(42-6)29(18-24)43-7)20-30(38)36(21(2)31(39)35-32(3,4)5)19-25-26(33)10-9-11-27(25)34/h9-18,21H,8,19-20H2,1-7H3,(H,35,39)/t21-/m1/s1. The van der Waals surface area contributed by atoms with E-state index in [2.05, 4.69) is 5.32 Å². The minimum atomic E-state index is -4.37. The molecule has 13 heteroatoms. The van der Waals surface area contributed by atoms with Crippen molar-refractivity contribution in [3.8, 4) is 17.2 Å². The molecule has 0 saturated heterocycles. The summed E-state index contributed by atoms with van der Waals surface area (Å²) in [5, 5.41) is 3.47. The van der Waals surface area contributed by atoms with Crippen LogP contribution in [0.2, 0.25) is 10.0 Å². The number of halogens is 2. The van der Waals surface area contributed by atoms with Crippen LogP contribution < -0.4 is 23.8 Å². The molecule has 0 aliphatic rings. The Kier molecular flexibility index (Phi) is 12.0. The lowest BCUT2D eigenvalue weighted by atomic mass is 10.1. The second kappa shape index (κ2) is 15.1. The van der Waals surface area contributed by atoms with Crippen molar-refractivity contribution in [2.24, 2.45) is 0 Å². The summed E-state index contributed by atoms with van der Waals surface area (Å²) in [6.07, 6.45) is 0. The van der Waals surface area contributed by atoms with E-state index in [1.54, 1.807) is 49.4 Å². The van der Waals surface area contributed by atoms with Crippen LogP contribution >= 0.6 is 23.2 Å². The van der Waals surface area contributed by atoms with E-state index in [1.807, 2.05) is 27.7 Å². The van der Waals surface area contributed by atoms with Crippen molar-refractivity contribution in [2.45, 2.75) is 57.6 Å². The summed E-state index contributed by atoms with van der Waals surface area (Å²) in [4.78, 5) is 28.7. The maximum absolute atomic E-state index is 14.2. The van der Waals surface area contributed by atoms with Crippen LogP contribution in [0, 0.1) is 0 Å². The maximum atomic E-state index is 14.2. The second-order valence-electron chi connectivity index (χ2n) is 11.1. The zero-order chi connectivity index (χ0) is 33.5. The van der Waals surface area contributed by atoms with Gasteiger partial charge in [0.2, 0.25) is 11.8 Å². The molecular weight excluding hydrogens is 641 g/mol. The van der Waals surface area contributed by atoms with Gasteiger partial charge in [0.1, 0.15) is 18.3 Å². The monoisotopic (exact) mass is 679 g/mol. The highest BCUT2D eigenvalue weighted by Crippen LogP contribution is 2.33. The van der Waals surface area contributed by atoms with E-state index in [1.165, 1.54) is 37.3 Å². The fraction of sp³-hybridized carbons (Fsp3) is 0.375. The molecule has 3 rings (SSSR count). The van der Waals surface area contributed by atoms with E-state index in [9.17, 15) is 18.0 Å². The number of hydrogen-bond acceptors (Lipinski definition) is 7. The number of hydrogen-bond donors (Lipinski definition) is 1. The first kappa shape index (κ1) is 35.8. The van der Waals surface area contributed by atoms with Crippen LogP contribution in [-0.4, -0.2) is 64.1 Å². The number of amides is 2. The molecule has 0 radical (unpaired) electrons. The third-order valence-corrected chi connectivity index (χ3v) is 9.19. The van der Waals surface area contributed by atoms with Gasteiger partial charge < -0.3 is 24.4 Å². The van der Waals surface area contributed by atoms with Gasteiger partial charge in [0, 0.05) is 33.8 Å². The summed E-state index contributed by atoms with van der Waals surface area (Å²) >= 11 is 12.9. The average Bonchev–Trinajstić information content (AvgIpc) is 2.98. The molecule has 2 amide bonds. The van der Waals surface area contributed by atoms with Crippen molar-refractivity contribution >= 4 is 50.7 Å². The fourth-order valence-corrected chi connectivity index (χ4v) is 6.37. The molecule has 0 spiro atoms. The lowest BCUT2D eigenvalue weighted by Gasteiger charge is -2.34. The summed E-state index contributed by atoms with van der Waals surface area (Å²) in [5.41, 5.74) is 0.0248. The van der Waals surface area contributed by atoms with Crippen LogP contribution in [0.5, 0.6) is 17.2 Å². The number of carbonyl (C=O) groups excluding carboxylic acids is 2. The highest BCUT2D eigenvalue weighted by molar-refractivity contribution is 7.92. The van der Waals surface area contributed by atoms with Crippen molar-refractivity contribution in [1.82, 2.24) is 10.2 Å². The molecule has 0 aromatic heterocycles. The summed E-state index contributed by atoms with van der Waals surface area (Å²) < 4.78 is 45.6. The molecule has 0 bridgehead atoms. The van der Waals surface area contributed by atoms with Gasteiger partial charge in [0.25, 0.3) is 10.0 Å². The molecule has 3 aromatic rings. The fourth-order valence-electron chi connectivity index (χ4n) is 4.42. The minimum Gasteiger partial charge on any atom is -0.494 e. The van der Waals surface area contributed by atoms with Crippen molar-refractivity contribution in [3.63, 3.8) is 0 Å². The Labute approximate surface area is 275 Å². The van der Waals surface area contributed by atoms with E-state index in [-0.39, 0.29) is 22.9 Å². The number of nitrogens with one attached hydrogen (secondary N) is 1. The zero-order valence-corrected chi connectivity index (χ0v) is 28.7. The van der Waals surface area contributed by atoms with Gasteiger partial charge in [-0.25, -0.2) is 8.42 Å². The van der Waals surface area contributed by atoms with Gasteiger partial charge in [-0.05, 0) is 83.1 Å². The topological polar surface area (TPSA) is 114 Å². The first-order valence-electron chi connectivity index (χ1n) is 14.1. The molecule has 10 nitrogen and oxygen atoms in total. The Morgan fingerprint density at radius 1 is 0.933 bits per heavy atom. The largest absolute Gasteiger partial charge is 0.494 e. The number of rotatable bonds is 13. The van der Waals surface area contributed by atoms with Crippen LogP contribution in [0.3, 0.4) is 0 Å². The molecule has 0 heterocycles. The molecule has 244 valence electrons. The van der Waals surface area contributed by atoms with Crippen LogP contribution in [0.15, 0.2) is 65.6 Å². The highest BCUT2D eigenvalue weighted by Gasteiger charge is 2.34. The Morgan fingerprint density at radius 3 is 2.07 bits per heavy atom. The van der Waals surface area contributed by atoms with Gasteiger partial charge in [-0.2, -0.15) is 0 Å². The molecule has 0 aliphatic heterocycles. The predicted octanol–water partition coefficient (Wildman–Crippen LogP) is 5.94. The Hall–Kier alpha value is -3.67. The zero-order valence-electron chi connectivity index (χ0n) is 26.4. The first-order valence-corrected chi connectivity index (χ1v) is 16.3. The molecule has 1 N–H and O–H groups in total. The van der Waals surface area contributed by atoms with Crippen molar-refractivity contribution in [1.29, 1.82) is 0 Å². The number of methoxy groups -OCH3 is 2. The molecule has 0 unspecified atom stereocenters. The Balaban J connectivity index is 2.13. The van der Waals surface area contributed by atoms with Crippen molar-refractivity contribution in [3.05, 3.63) is 76.3 Å². The van der Waals surface area contributed by atoms with Crippen molar-refractivity contribution < 1.29 is 32.2 Å². The normalized spacial score (nSPS) is 12.2. The second-order valence-corrected chi connectivity index (χ2v) is 13.8. The molecule has 45 heavy (non-hydrogen) atoms. The molecule has 3 aromatic carbocycles. The molecule has 0 saturated carbocycles. The summed E-state index contributed by atoms with van der Waals surface area (Å²) in [7, 11) is -1.54. The van der Waals surface area contributed by atoms with Gasteiger partial charge in [0.05, 0.1) is 31.4 Å². The Bertz CT molecular complexity index is 1590. The third-order valence-electron chi connectivity index (χ3n) is 6.71. The maximum Gasteiger partial charge on any atom is 0.264 e. The number of sulfonamides is 1. The highest BCUT2D eigenvalue weighted by atomic mass is 35.5. The van der Waals surface area contributed by atoms with E-state index in [0.29, 0.717) is 33.7 Å². The lowest BCUT2D eigenvalue weighted by Crippen LogP contribution is -2.54. The van der Waals surface area contributed by atoms with Crippen LogP contribution in [0.1, 0.15) is 40.2 Å². The number of nitrogens with zero attached hydrogens (tertiary/aromatic N) is 2. The lowest BCUT2D eigenvalue weighted by molar-refractivity contribution is -0.140. The average molecular weight is 681 g/mol. The van der Waals surface area contributed by atoms with Crippen molar-refractivity contribution in [2.75, 3.05) is 31.7 Å². The minimum absolute atomic E-state index is 0.138. The van der Waals surface area contributed by atoms with Gasteiger partial charge in [0.15, 0.2) is 11.5 Å². The first-order chi connectivity index (χ1) is 21.1. The van der Waals surface area contributed by atoms with Gasteiger partial charge in [-0.1, -0.05) is 29.3 Å². The predicted molar refractivity (Wildman–Crippen MR) is 176 cm³/mol. The smallest absolute Gasteiger partial charge is 0.264 e. The van der Waals surface area contributed by atoms with Gasteiger partial charge in [-0.15, -0.1) is 0 Å². The number of ether oxygens (including phenoxy) is 3. The van der Waals surface area contributed by atoms with E-state index in [0.717, 1.165) is 4.31 Å². The number of anilines is 1. The van der Waals surface area contributed by atoms with E-state index >= 15 is 0 Å².